The maximum atomic E-state index is 12.5. The van der Waals surface area contributed by atoms with Gasteiger partial charge in [-0.25, -0.2) is 0 Å². The summed E-state index contributed by atoms with van der Waals surface area (Å²) in [5.41, 5.74) is 1.80. The highest BCUT2D eigenvalue weighted by atomic mass is 32.1. The first-order chi connectivity index (χ1) is 9.74. The van der Waals surface area contributed by atoms with Crippen LogP contribution in [0.4, 0.5) is 0 Å². The largest absolute Gasteiger partial charge is 0.496 e. The molecule has 0 amide bonds. The quantitative estimate of drug-likeness (QED) is 0.749. The third kappa shape index (κ3) is 1.87. The number of H-pyrrole nitrogens is 1. The molecule has 1 aromatic carbocycles. The van der Waals surface area contributed by atoms with Gasteiger partial charge in [-0.2, -0.15) is 5.26 Å². The smallest absolute Gasteiger partial charge is 0.205 e. The summed E-state index contributed by atoms with van der Waals surface area (Å²) in [4.78, 5) is 16.2. The number of ketones is 1. The Morgan fingerprint density at radius 2 is 2.30 bits per heavy atom. The Hall–Kier alpha value is -2.58. The fourth-order valence-electron chi connectivity index (χ4n) is 2.13. The summed E-state index contributed by atoms with van der Waals surface area (Å²) in [5.74, 6) is 0.561. The van der Waals surface area contributed by atoms with Crippen LogP contribution in [0.2, 0.25) is 0 Å². The Morgan fingerprint density at radius 3 is 3.00 bits per heavy atom. The van der Waals surface area contributed by atoms with Crippen molar-refractivity contribution in [3.63, 3.8) is 0 Å². The first kappa shape index (κ1) is 12.5. The molecule has 98 valence electrons. The Balaban J connectivity index is 2.15. The summed E-state index contributed by atoms with van der Waals surface area (Å²) in [6.45, 7) is 0. The number of hydrogen-bond acceptors (Lipinski definition) is 4. The first-order valence-electron chi connectivity index (χ1n) is 5.92. The Kier molecular flexibility index (Phi) is 3.01. The number of nitriles is 1. The van der Waals surface area contributed by atoms with Crippen molar-refractivity contribution in [1.82, 2.24) is 4.98 Å². The zero-order valence-electron chi connectivity index (χ0n) is 10.6. The van der Waals surface area contributed by atoms with Gasteiger partial charge in [-0.15, -0.1) is 11.3 Å². The summed E-state index contributed by atoms with van der Waals surface area (Å²) in [5, 5.41) is 11.6. The van der Waals surface area contributed by atoms with Crippen LogP contribution in [0.1, 0.15) is 20.8 Å². The fraction of sp³-hybridized carbons (Fsp3) is 0.0667. The second-order valence-electron chi connectivity index (χ2n) is 4.22. The number of aromatic amines is 1. The van der Waals surface area contributed by atoms with Crippen LogP contribution >= 0.6 is 11.3 Å². The number of methoxy groups -OCH3 is 1. The van der Waals surface area contributed by atoms with Crippen molar-refractivity contribution < 1.29 is 9.53 Å². The van der Waals surface area contributed by atoms with E-state index in [2.05, 4.69) is 11.1 Å². The number of nitrogens with one attached hydrogen (secondary N) is 1. The van der Waals surface area contributed by atoms with Gasteiger partial charge in [0.05, 0.1) is 29.2 Å². The molecule has 2 aromatic heterocycles. The zero-order valence-corrected chi connectivity index (χ0v) is 11.5. The average Bonchev–Trinajstić information content (AvgIpc) is 3.12. The SMILES string of the molecule is COc1csc(C(=O)c2c[nH]c3cccc(C#N)c23)c1. The van der Waals surface area contributed by atoms with Gasteiger partial charge in [-0.05, 0) is 12.1 Å². The van der Waals surface area contributed by atoms with Crippen molar-refractivity contribution in [2.45, 2.75) is 0 Å². The number of thiophene rings is 1. The van der Waals surface area contributed by atoms with E-state index in [0.29, 0.717) is 27.1 Å². The third-order valence-corrected chi connectivity index (χ3v) is 4.01. The van der Waals surface area contributed by atoms with Crippen LogP contribution in [-0.4, -0.2) is 17.9 Å². The minimum Gasteiger partial charge on any atom is -0.496 e. The van der Waals surface area contributed by atoms with Gasteiger partial charge >= 0.3 is 0 Å². The summed E-state index contributed by atoms with van der Waals surface area (Å²) < 4.78 is 5.09. The van der Waals surface area contributed by atoms with Gasteiger partial charge in [0, 0.05) is 28.5 Å². The Morgan fingerprint density at radius 1 is 1.45 bits per heavy atom. The van der Waals surface area contributed by atoms with Gasteiger partial charge in [-0.1, -0.05) is 6.07 Å². The molecule has 0 aliphatic rings. The van der Waals surface area contributed by atoms with E-state index in [1.807, 2.05) is 6.07 Å². The lowest BCUT2D eigenvalue weighted by molar-refractivity contribution is 0.104. The number of hydrogen-bond donors (Lipinski definition) is 1. The molecule has 0 fully saturated rings. The van der Waals surface area contributed by atoms with Crippen LogP contribution in [0.25, 0.3) is 10.9 Å². The highest BCUT2D eigenvalue weighted by Crippen LogP contribution is 2.28. The molecule has 3 rings (SSSR count). The molecular weight excluding hydrogens is 272 g/mol. The Bertz CT molecular complexity index is 839. The lowest BCUT2D eigenvalue weighted by Crippen LogP contribution is -1.98. The molecule has 5 heteroatoms. The minimum atomic E-state index is -0.104. The number of aromatic nitrogens is 1. The number of carbonyl (C=O) groups is 1. The normalized spacial score (nSPS) is 10.4. The van der Waals surface area contributed by atoms with Crippen LogP contribution in [-0.2, 0) is 0 Å². The lowest BCUT2D eigenvalue weighted by atomic mass is 10.0. The van der Waals surface area contributed by atoms with Crippen LogP contribution in [0, 0.1) is 11.3 Å². The molecule has 0 spiro atoms. The van der Waals surface area contributed by atoms with E-state index < -0.39 is 0 Å². The topological polar surface area (TPSA) is 65.9 Å². The van der Waals surface area contributed by atoms with E-state index >= 15 is 0 Å². The predicted octanol–water partition coefficient (Wildman–Crippen LogP) is 3.34. The van der Waals surface area contributed by atoms with Crippen molar-refractivity contribution in [1.29, 1.82) is 5.26 Å². The minimum absolute atomic E-state index is 0.104. The molecule has 4 nitrogen and oxygen atoms in total. The van der Waals surface area contributed by atoms with Crippen LogP contribution < -0.4 is 4.74 Å². The van der Waals surface area contributed by atoms with E-state index in [1.54, 1.807) is 36.9 Å². The van der Waals surface area contributed by atoms with Gasteiger partial charge < -0.3 is 9.72 Å². The highest BCUT2D eigenvalue weighted by molar-refractivity contribution is 7.12. The van der Waals surface area contributed by atoms with Crippen molar-refractivity contribution in [3.8, 4) is 11.8 Å². The summed E-state index contributed by atoms with van der Waals surface area (Å²) in [7, 11) is 1.57. The van der Waals surface area contributed by atoms with Gasteiger partial charge in [-0.3, -0.25) is 4.79 Å². The Labute approximate surface area is 119 Å². The summed E-state index contributed by atoms with van der Waals surface area (Å²) >= 11 is 1.33. The molecule has 0 aliphatic carbocycles. The first-order valence-corrected chi connectivity index (χ1v) is 6.80. The van der Waals surface area contributed by atoms with Gasteiger partial charge in [0.15, 0.2) is 0 Å². The molecule has 0 unspecified atom stereocenters. The number of ether oxygens (including phenoxy) is 1. The van der Waals surface area contributed by atoms with E-state index in [-0.39, 0.29) is 5.78 Å². The molecule has 0 saturated carbocycles. The highest BCUT2D eigenvalue weighted by Gasteiger charge is 2.18. The molecule has 2 heterocycles. The monoisotopic (exact) mass is 282 g/mol. The molecular formula is C15H10N2O2S. The number of fused-ring (bicyclic) bond motifs is 1. The molecule has 0 saturated heterocycles. The van der Waals surface area contributed by atoms with E-state index in [1.165, 1.54) is 11.3 Å². The summed E-state index contributed by atoms with van der Waals surface area (Å²) in [6, 6.07) is 9.19. The second kappa shape index (κ2) is 4.83. The van der Waals surface area contributed by atoms with E-state index in [0.717, 1.165) is 5.52 Å². The van der Waals surface area contributed by atoms with Gasteiger partial charge in [0.2, 0.25) is 5.78 Å². The average molecular weight is 282 g/mol. The van der Waals surface area contributed by atoms with Crippen molar-refractivity contribution >= 4 is 28.0 Å². The standard InChI is InChI=1S/C15H10N2O2S/c1-19-10-5-13(20-8-10)15(18)11-7-17-12-4-2-3-9(6-16)14(11)12/h2-5,7-8,17H,1H3. The van der Waals surface area contributed by atoms with E-state index in [4.69, 9.17) is 4.74 Å². The van der Waals surface area contributed by atoms with Crippen LogP contribution in [0.3, 0.4) is 0 Å². The number of carbonyl (C=O) groups excluding carboxylic acids is 1. The molecule has 0 bridgehead atoms. The van der Waals surface area contributed by atoms with Gasteiger partial charge in [0.25, 0.3) is 0 Å². The van der Waals surface area contributed by atoms with Crippen LogP contribution in [0.5, 0.6) is 5.75 Å². The van der Waals surface area contributed by atoms with Crippen LogP contribution in [0.15, 0.2) is 35.8 Å². The second-order valence-corrected chi connectivity index (χ2v) is 5.13. The van der Waals surface area contributed by atoms with Crippen molar-refractivity contribution in [2.24, 2.45) is 0 Å². The van der Waals surface area contributed by atoms with Gasteiger partial charge in [0.1, 0.15) is 5.75 Å². The third-order valence-electron chi connectivity index (χ3n) is 3.11. The fourth-order valence-corrected chi connectivity index (χ4v) is 2.94. The van der Waals surface area contributed by atoms with Crippen molar-refractivity contribution in [2.75, 3.05) is 7.11 Å². The molecule has 0 aliphatic heterocycles. The number of nitrogens with zero attached hydrogens (tertiary/aromatic N) is 1. The molecule has 0 radical (unpaired) electrons. The zero-order chi connectivity index (χ0) is 14.1. The number of benzene rings is 1. The molecule has 20 heavy (non-hydrogen) atoms. The molecule has 1 N–H and O–H groups in total. The molecule has 3 aromatic rings. The maximum absolute atomic E-state index is 12.5. The van der Waals surface area contributed by atoms with Crippen molar-refractivity contribution in [3.05, 3.63) is 51.8 Å². The lowest BCUT2D eigenvalue weighted by Gasteiger charge is -1.98. The van der Waals surface area contributed by atoms with E-state index in [9.17, 15) is 10.1 Å². The molecule has 0 atom stereocenters. The maximum Gasteiger partial charge on any atom is 0.205 e. The predicted molar refractivity (Wildman–Crippen MR) is 77.3 cm³/mol. The number of rotatable bonds is 3. The summed E-state index contributed by atoms with van der Waals surface area (Å²) in [6.07, 6.45) is 1.65.